The van der Waals surface area contributed by atoms with Gasteiger partial charge in [0.2, 0.25) is 0 Å². The molecule has 2 aromatic heterocycles. The fourth-order valence-electron chi connectivity index (χ4n) is 3.02. The average Bonchev–Trinajstić information content (AvgIpc) is 3.32. The Morgan fingerprint density at radius 3 is 2.92 bits per heavy atom. The number of amides is 1. The third-order valence-electron chi connectivity index (χ3n) is 4.48. The molecule has 0 radical (unpaired) electrons. The summed E-state index contributed by atoms with van der Waals surface area (Å²) in [5.41, 5.74) is 2.16. The lowest BCUT2D eigenvalue weighted by Crippen LogP contribution is -2.43. The normalized spacial score (nSPS) is 15.4. The van der Waals surface area contributed by atoms with Gasteiger partial charge in [0.15, 0.2) is 5.13 Å². The third kappa shape index (κ3) is 3.81. The molecule has 1 aromatic carbocycles. The molecule has 1 aliphatic rings. The molecule has 26 heavy (non-hydrogen) atoms. The van der Waals surface area contributed by atoms with E-state index in [1.54, 1.807) is 11.3 Å². The number of rotatable bonds is 5. The van der Waals surface area contributed by atoms with Gasteiger partial charge in [-0.25, -0.2) is 4.98 Å². The van der Waals surface area contributed by atoms with Crippen molar-refractivity contribution in [2.24, 2.45) is 0 Å². The number of aryl methyl sites for hydroxylation is 1. The Hall–Kier alpha value is -1.80. The number of benzene rings is 1. The molecule has 7 heteroatoms. The maximum absolute atomic E-state index is 13.1. The molecule has 1 fully saturated rings. The second-order valence-electron chi connectivity index (χ2n) is 6.36. The van der Waals surface area contributed by atoms with Gasteiger partial charge in [0.1, 0.15) is 0 Å². The van der Waals surface area contributed by atoms with Crippen LogP contribution in [0.3, 0.4) is 0 Å². The van der Waals surface area contributed by atoms with Crippen LogP contribution in [0.2, 0.25) is 0 Å². The van der Waals surface area contributed by atoms with Gasteiger partial charge >= 0.3 is 0 Å². The highest BCUT2D eigenvalue weighted by Crippen LogP contribution is 2.31. The minimum atomic E-state index is 0.0315. The molecule has 1 aliphatic heterocycles. The Morgan fingerprint density at radius 2 is 2.15 bits per heavy atom. The zero-order valence-electron chi connectivity index (χ0n) is 14.7. The summed E-state index contributed by atoms with van der Waals surface area (Å²) in [6.07, 6.45) is 0. The van der Waals surface area contributed by atoms with Gasteiger partial charge in [0, 0.05) is 26.2 Å². The molecule has 3 aromatic rings. The van der Waals surface area contributed by atoms with Crippen molar-refractivity contribution in [2.45, 2.75) is 6.92 Å². The Balaban J connectivity index is 1.60. The van der Waals surface area contributed by atoms with Gasteiger partial charge < -0.3 is 4.74 Å². The fraction of sp³-hybridized carbons (Fsp3) is 0.368. The highest BCUT2D eigenvalue weighted by Gasteiger charge is 2.23. The summed E-state index contributed by atoms with van der Waals surface area (Å²) in [6, 6.07) is 10.0. The highest BCUT2D eigenvalue weighted by atomic mass is 32.1. The van der Waals surface area contributed by atoms with E-state index in [1.807, 2.05) is 28.5 Å². The molecule has 0 saturated carbocycles. The van der Waals surface area contributed by atoms with E-state index in [-0.39, 0.29) is 5.91 Å². The molecular weight excluding hydrogens is 366 g/mol. The van der Waals surface area contributed by atoms with Gasteiger partial charge in [-0.1, -0.05) is 23.5 Å². The van der Waals surface area contributed by atoms with Crippen molar-refractivity contribution in [1.29, 1.82) is 0 Å². The van der Waals surface area contributed by atoms with Crippen molar-refractivity contribution in [3.63, 3.8) is 0 Å². The van der Waals surface area contributed by atoms with Crippen LogP contribution < -0.4 is 4.90 Å². The highest BCUT2D eigenvalue weighted by molar-refractivity contribution is 7.22. The number of anilines is 1. The molecule has 0 atom stereocenters. The first-order valence-electron chi connectivity index (χ1n) is 8.73. The summed E-state index contributed by atoms with van der Waals surface area (Å²) >= 11 is 3.06. The van der Waals surface area contributed by atoms with Crippen molar-refractivity contribution in [1.82, 2.24) is 9.88 Å². The molecular formula is C19H21N3O2S2. The topological polar surface area (TPSA) is 45.7 Å². The van der Waals surface area contributed by atoms with E-state index in [0.29, 0.717) is 6.54 Å². The van der Waals surface area contributed by atoms with E-state index in [9.17, 15) is 4.79 Å². The molecule has 3 heterocycles. The minimum absolute atomic E-state index is 0.0315. The second-order valence-corrected chi connectivity index (χ2v) is 8.31. The molecule has 136 valence electrons. The zero-order chi connectivity index (χ0) is 17.9. The minimum Gasteiger partial charge on any atom is -0.379 e. The van der Waals surface area contributed by atoms with E-state index >= 15 is 0 Å². The predicted octanol–water partition coefficient (Wildman–Crippen LogP) is 3.65. The van der Waals surface area contributed by atoms with Crippen molar-refractivity contribution in [2.75, 3.05) is 44.3 Å². The SMILES string of the molecule is Cc1ccc2nc(N(CCN3CCOCC3)C(=O)c3cccs3)sc2c1. The summed E-state index contributed by atoms with van der Waals surface area (Å²) in [7, 11) is 0. The molecule has 1 amide bonds. The van der Waals surface area contributed by atoms with Crippen molar-refractivity contribution in [3.05, 3.63) is 46.2 Å². The monoisotopic (exact) mass is 387 g/mol. The van der Waals surface area contributed by atoms with Crippen LogP contribution in [0.15, 0.2) is 35.7 Å². The number of aromatic nitrogens is 1. The number of hydrogen-bond acceptors (Lipinski definition) is 6. The molecule has 5 nitrogen and oxygen atoms in total. The van der Waals surface area contributed by atoms with Crippen LogP contribution >= 0.6 is 22.7 Å². The van der Waals surface area contributed by atoms with Gasteiger partial charge in [-0.05, 0) is 36.1 Å². The Morgan fingerprint density at radius 1 is 1.31 bits per heavy atom. The largest absolute Gasteiger partial charge is 0.379 e. The molecule has 0 N–H and O–H groups in total. The summed E-state index contributed by atoms with van der Waals surface area (Å²) in [6.45, 7) is 6.90. The lowest BCUT2D eigenvalue weighted by molar-refractivity contribution is 0.0391. The van der Waals surface area contributed by atoms with Gasteiger partial charge in [-0.3, -0.25) is 14.6 Å². The molecule has 0 aliphatic carbocycles. The zero-order valence-corrected chi connectivity index (χ0v) is 16.3. The summed E-state index contributed by atoms with van der Waals surface area (Å²) in [5, 5.41) is 2.71. The molecule has 0 bridgehead atoms. The van der Waals surface area contributed by atoms with E-state index in [1.165, 1.54) is 16.9 Å². The molecule has 0 spiro atoms. The fourth-order valence-corrected chi connectivity index (χ4v) is 4.78. The van der Waals surface area contributed by atoms with E-state index in [4.69, 9.17) is 9.72 Å². The first-order valence-corrected chi connectivity index (χ1v) is 10.4. The van der Waals surface area contributed by atoms with Crippen molar-refractivity contribution < 1.29 is 9.53 Å². The van der Waals surface area contributed by atoms with Crippen molar-refractivity contribution in [3.8, 4) is 0 Å². The van der Waals surface area contributed by atoms with Gasteiger partial charge in [-0.15, -0.1) is 11.3 Å². The van der Waals surface area contributed by atoms with Crippen molar-refractivity contribution >= 4 is 43.9 Å². The number of fused-ring (bicyclic) bond motifs is 1. The number of nitrogens with zero attached hydrogens (tertiary/aromatic N) is 3. The quantitative estimate of drug-likeness (QED) is 0.670. The lowest BCUT2D eigenvalue weighted by atomic mass is 10.2. The summed E-state index contributed by atoms with van der Waals surface area (Å²) in [5.74, 6) is 0.0315. The number of morpholine rings is 1. The standard InChI is InChI=1S/C19H21N3O2S2/c1-14-4-5-15-17(13-14)26-19(20-15)22(18(23)16-3-2-12-25-16)7-6-21-8-10-24-11-9-21/h2-5,12-13H,6-11H2,1H3. The molecule has 4 rings (SSSR count). The predicted molar refractivity (Wildman–Crippen MR) is 108 cm³/mol. The first-order chi connectivity index (χ1) is 12.7. The van der Waals surface area contributed by atoms with Gasteiger partial charge in [0.25, 0.3) is 5.91 Å². The number of carbonyl (C=O) groups is 1. The number of thiophene rings is 1. The van der Waals surface area contributed by atoms with Crippen LogP contribution in [-0.2, 0) is 4.74 Å². The van der Waals surface area contributed by atoms with Crippen LogP contribution in [0.5, 0.6) is 0 Å². The Bertz CT molecular complexity index is 885. The van der Waals surface area contributed by atoms with E-state index in [2.05, 4.69) is 24.0 Å². The van der Waals surface area contributed by atoms with Gasteiger partial charge in [0.05, 0.1) is 28.3 Å². The number of ether oxygens (including phenoxy) is 1. The van der Waals surface area contributed by atoms with Crippen LogP contribution in [0.25, 0.3) is 10.2 Å². The summed E-state index contributed by atoms with van der Waals surface area (Å²) < 4.78 is 6.54. The Kier molecular flexibility index (Phi) is 5.31. The lowest BCUT2D eigenvalue weighted by Gasteiger charge is -2.29. The maximum Gasteiger partial charge on any atom is 0.270 e. The van der Waals surface area contributed by atoms with Crippen LogP contribution in [0.4, 0.5) is 5.13 Å². The van der Waals surface area contributed by atoms with E-state index in [0.717, 1.165) is 53.1 Å². The average molecular weight is 388 g/mol. The number of hydrogen-bond donors (Lipinski definition) is 0. The smallest absolute Gasteiger partial charge is 0.270 e. The van der Waals surface area contributed by atoms with Crippen LogP contribution in [-0.4, -0.2) is 55.2 Å². The van der Waals surface area contributed by atoms with E-state index < -0.39 is 0 Å². The summed E-state index contributed by atoms with van der Waals surface area (Å²) in [4.78, 5) is 22.7. The van der Waals surface area contributed by atoms with Gasteiger partial charge in [-0.2, -0.15) is 0 Å². The van der Waals surface area contributed by atoms with Crippen LogP contribution in [0.1, 0.15) is 15.2 Å². The number of carbonyl (C=O) groups excluding carboxylic acids is 1. The van der Waals surface area contributed by atoms with Crippen LogP contribution in [0, 0.1) is 6.92 Å². The second kappa shape index (κ2) is 7.84. The third-order valence-corrected chi connectivity index (χ3v) is 6.38. The molecule has 1 saturated heterocycles. The molecule has 0 unspecified atom stereocenters. The first kappa shape index (κ1) is 17.6. The Labute approximate surface area is 160 Å². The number of thiazole rings is 1. The maximum atomic E-state index is 13.1.